The van der Waals surface area contributed by atoms with Crippen LogP contribution in [0.4, 0.5) is 5.69 Å². The van der Waals surface area contributed by atoms with Gasteiger partial charge in [0.2, 0.25) is 0 Å². The maximum atomic E-state index is 5.77. The third-order valence-corrected chi connectivity index (χ3v) is 2.62. The van der Waals surface area contributed by atoms with Gasteiger partial charge < -0.3 is 24.7 Å². The molecule has 20 heavy (non-hydrogen) atoms. The molecule has 0 unspecified atom stereocenters. The number of methoxy groups -OCH3 is 1. The van der Waals surface area contributed by atoms with Crippen LogP contribution in [0.3, 0.4) is 0 Å². The molecule has 0 radical (unpaired) electrons. The summed E-state index contributed by atoms with van der Waals surface area (Å²) in [4.78, 5) is 0. The fourth-order valence-electron chi connectivity index (χ4n) is 1.58. The van der Waals surface area contributed by atoms with Gasteiger partial charge in [-0.15, -0.1) is 0 Å². The van der Waals surface area contributed by atoms with E-state index < -0.39 is 0 Å². The monoisotopic (exact) mass is 283 g/mol. The molecule has 0 saturated heterocycles. The smallest absolute Gasteiger partial charge is 0.142 e. The van der Waals surface area contributed by atoms with Crippen molar-refractivity contribution in [3.05, 3.63) is 24.3 Å². The van der Waals surface area contributed by atoms with Crippen molar-refractivity contribution in [3.63, 3.8) is 0 Å². The van der Waals surface area contributed by atoms with Crippen molar-refractivity contribution >= 4 is 5.69 Å². The molecule has 0 aliphatic rings. The van der Waals surface area contributed by atoms with Gasteiger partial charge in [-0.05, 0) is 18.6 Å². The molecule has 0 aliphatic carbocycles. The Bertz CT molecular complexity index is 346. The molecule has 0 amide bonds. The Morgan fingerprint density at radius 1 is 0.850 bits per heavy atom. The molecule has 0 aromatic heterocycles. The van der Waals surface area contributed by atoms with Crippen LogP contribution in [0.15, 0.2) is 24.3 Å². The Kier molecular flexibility index (Phi) is 9.65. The highest BCUT2D eigenvalue weighted by Crippen LogP contribution is 2.19. The van der Waals surface area contributed by atoms with E-state index >= 15 is 0 Å². The highest BCUT2D eigenvalue weighted by Gasteiger charge is 1.98. The molecule has 0 bridgehead atoms. The predicted octanol–water partition coefficient (Wildman–Crippen LogP) is 2.11. The maximum Gasteiger partial charge on any atom is 0.142 e. The summed E-state index contributed by atoms with van der Waals surface area (Å²) in [5.41, 5.74) is 6.43. The van der Waals surface area contributed by atoms with E-state index in [-0.39, 0.29) is 0 Å². The highest BCUT2D eigenvalue weighted by atomic mass is 16.5. The van der Waals surface area contributed by atoms with E-state index in [1.165, 1.54) is 0 Å². The Morgan fingerprint density at radius 3 is 2.15 bits per heavy atom. The number of nitrogens with two attached hydrogens (primary N) is 1. The second-order valence-electron chi connectivity index (χ2n) is 4.31. The number of para-hydroxylation sites is 2. The first-order valence-electron chi connectivity index (χ1n) is 6.96. The summed E-state index contributed by atoms with van der Waals surface area (Å²) < 4.78 is 21.3. The van der Waals surface area contributed by atoms with Gasteiger partial charge in [-0.1, -0.05) is 12.1 Å². The van der Waals surface area contributed by atoms with Crippen molar-refractivity contribution < 1.29 is 18.9 Å². The van der Waals surface area contributed by atoms with Crippen LogP contribution in [-0.4, -0.2) is 46.8 Å². The van der Waals surface area contributed by atoms with Crippen molar-refractivity contribution in [2.24, 2.45) is 0 Å². The first-order chi connectivity index (χ1) is 9.84. The fourth-order valence-corrected chi connectivity index (χ4v) is 1.58. The number of anilines is 1. The van der Waals surface area contributed by atoms with Crippen molar-refractivity contribution in [3.8, 4) is 5.75 Å². The summed E-state index contributed by atoms with van der Waals surface area (Å²) in [5, 5.41) is 0. The van der Waals surface area contributed by atoms with Crippen LogP contribution in [0.2, 0.25) is 0 Å². The second kappa shape index (κ2) is 11.5. The number of hydrogen-bond donors (Lipinski definition) is 1. The van der Waals surface area contributed by atoms with Crippen molar-refractivity contribution in [1.82, 2.24) is 0 Å². The minimum absolute atomic E-state index is 0.600. The summed E-state index contributed by atoms with van der Waals surface area (Å²) in [7, 11) is 1.69. The first kappa shape index (κ1) is 16.8. The number of benzene rings is 1. The SMILES string of the molecule is COCCCOCCOCCCOc1ccccc1N. The molecule has 0 saturated carbocycles. The molecule has 2 N–H and O–H groups in total. The zero-order chi connectivity index (χ0) is 14.5. The molecular formula is C15H25NO4. The Labute approximate surface area is 121 Å². The van der Waals surface area contributed by atoms with Crippen LogP contribution >= 0.6 is 0 Å². The van der Waals surface area contributed by atoms with Gasteiger partial charge in [0.15, 0.2) is 0 Å². The molecular weight excluding hydrogens is 258 g/mol. The molecule has 0 fully saturated rings. The minimum Gasteiger partial charge on any atom is -0.491 e. The number of hydrogen-bond acceptors (Lipinski definition) is 5. The molecule has 1 aromatic carbocycles. The van der Waals surface area contributed by atoms with Crippen LogP contribution in [0.5, 0.6) is 5.75 Å². The number of rotatable bonds is 12. The van der Waals surface area contributed by atoms with E-state index in [0.717, 1.165) is 25.2 Å². The highest BCUT2D eigenvalue weighted by molar-refractivity contribution is 5.51. The third-order valence-electron chi connectivity index (χ3n) is 2.62. The van der Waals surface area contributed by atoms with Crippen LogP contribution in [0.25, 0.3) is 0 Å². The molecule has 5 heteroatoms. The Balaban J connectivity index is 1.87. The van der Waals surface area contributed by atoms with Gasteiger partial charge in [0.05, 0.1) is 25.5 Å². The van der Waals surface area contributed by atoms with Gasteiger partial charge in [-0.25, -0.2) is 0 Å². The van der Waals surface area contributed by atoms with Crippen molar-refractivity contribution in [1.29, 1.82) is 0 Å². The third kappa shape index (κ3) is 7.99. The van der Waals surface area contributed by atoms with Crippen molar-refractivity contribution in [2.45, 2.75) is 12.8 Å². The van der Waals surface area contributed by atoms with Gasteiger partial charge in [-0.2, -0.15) is 0 Å². The standard InChI is InChI=1S/C15H25NO4/c1-17-8-4-9-18-12-13-19-10-5-11-20-15-7-3-2-6-14(15)16/h2-3,6-7H,4-5,8-13,16H2,1H3. The molecule has 0 atom stereocenters. The van der Waals surface area contributed by atoms with E-state index in [4.69, 9.17) is 24.7 Å². The molecule has 5 nitrogen and oxygen atoms in total. The van der Waals surface area contributed by atoms with E-state index in [2.05, 4.69) is 0 Å². The quantitative estimate of drug-likeness (QED) is 0.470. The lowest BCUT2D eigenvalue weighted by Gasteiger charge is -2.09. The van der Waals surface area contributed by atoms with Gasteiger partial charge in [0.25, 0.3) is 0 Å². The fraction of sp³-hybridized carbons (Fsp3) is 0.600. The lowest BCUT2D eigenvalue weighted by atomic mass is 10.3. The number of nitrogen functional groups attached to an aromatic ring is 1. The Hall–Kier alpha value is -1.30. The maximum absolute atomic E-state index is 5.77. The zero-order valence-corrected chi connectivity index (χ0v) is 12.2. The lowest BCUT2D eigenvalue weighted by molar-refractivity contribution is 0.0365. The van der Waals surface area contributed by atoms with E-state index in [0.29, 0.717) is 38.7 Å². The molecule has 1 aromatic rings. The molecule has 114 valence electrons. The average Bonchev–Trinajstić information content (AvgIpc) is 2.46. The average molecular weight is 283 g/mol. The van der Waals surface area contributed by atoms with Crippen molar-refractivity contribution in [2.75, 3.05) is 52.5 Å². The summed E-state index contributed by atoms with van der Waals surface area (Å²) in [6.07, 6.45) is 1.75. The largest absolute Gasteiger partial charge is 0.491 e. The van der Waals surface area contributed by atoms with E-state index in [9.17, 15) is 0 Å². The summed E-state index contributed by atoms with van der Waals surface area (Å²) in [5.74, 6) is 0.731. The second-order valence-corrected chi connectivity index (χ2v) is 4.31. The molecule has 0 aliphatic heterocycles. The summed E-state index contributed by atoms with van der Waals surface area (Å²) in [6.45, 7) is 3.95. The minimum atomic E-state index is 0.600. The summed E-state index contributed by atoms with van der Waals surface area (Å²) in [6, 6.07) is 7.48. The Morgan fingerprint density at radius 2 is 1.50 bits per heavy atom. The van der Waals surface area contributed by atoms with Crippen LogP contribution < -0.4 is 10.5 Å². The lowest BCUT2D eigenvalue weighted by Crippen LogP contribution is -2.09. The normalized spacial score (nSPS) is 10.7. The van der Waals surface area contributed by atoms with Gasteiger partial charge in [-0.3, -0.25) is 0 Å². The van der Waals surface area contributed by atoms with E-state index in [1.807, 2.05) is 24.3 Å². The topological polar surface area (TPSA) is 62.9 Å². The first-order valence-corrected chi connectivity index (χ1v) is 6.96. The van der Waals surface area contributed by atoms with Crippen LogP contribution in [0.1, 0.15) is 12.8 Å². The number of ether oxygens (including phenoxy) is 4. The van der Waals surface area contributed by atoms with Gasteiger partial charge >= 0.3 is 0 Å². The van der Waals surface area contributed by atoms with Crippen LogP contribution in [-0.2, 0) is 14.2 Å². The van der Waals surface area contributed by atoms with Gasteiger partial charge in [0, 0.05) is 33.4 Å². The zero-order valence-electron chi connectivity index (χ0n) is 12.2. The molecule has 0 spiro atoms. The molecule has 1 rings (SSSR count). The summed E-state index contributed by atoms with van der Waals surface area (Å²) >= 11 is 0. The van der Waals surface area contributed by atoms with E-state index in [1.54, 1.807) is 7.11 Å². The van der Waals surface area contributed by atoms with Gasteiger partial charge in [0.1, 0.15) is 5.75 Å². The predicted molar refractivity (Wildman–Crippen MR) is 79.1 cm³/mol. The molecule has 0 heterocycles. The van der Waals surface area contributed by atoms with Crippen LogP contribution in [0, 0.1) is 0 Å².